The Morgan fingerprint density at radius 1 is 1.11 bits per heavy atom. The summed E-state index contributed by atoms with van der Waals surface area (Å²) in [6.45, 7) is -1.03. The molecule has 9 nitrogen and oxygen atoms in total. The van der Waals surface area contributed by atoms with Gasteiger partial charge < -0.3 is 20.1 Å². The van der Waals surface area contributed by atoms with Crippen LogP contribution >= 0.6 is 0 Å². The van der Waals surface area contributed by atoms with Crippen molar-refractivity contribution in [2.24, 2.45) is 0 Å². The molecule has 1 fully saturated rings. The third-order valence-electron chi connectivity index (χ3n) is 4.05. The minimum atomic E-state index is -0.801. The van der Waals surface area contributed by atoms with Crippen LogP contribution in [0.3, 0.4) is 0 Å². The number of para-hydroxylation sites is 1. The highest BCUT2D eigenvalue weighted by atomic mass is 16.5. The highest BCUT2D eigenvalue weighted by Crippen LogP contribution is 2.17. The molecule has 1 saturated carbocycles. The second-order valence-electron chi connectivity index (χ2n) is 6.05. The average Bonchev–Trinajstić information content (AvgIpc) is 3.17. The lowest BCUT2D eigenvalue weighted by Crippen LogP contribution is -2.45. The molecule has 27 heavy (non-hydrogen) atoms. The fourth-order valence-electron chi connectivity index (χ4n) is 2.73. The number of hydrogen-bond donors (Lipinski definition) is 3. The van der Waals surface area contributed by atoms with Crippen LogP contribution in [0.1, 0.15) is 36.0 Å². The van der Waals surface area contributed by atoms with Gasteiger partial charge in [-0.2, -0.15) is 0 Å². The van der Waals surface area contributed by atoms with Crippen LogP contribution in [0.25, 0.3) is 0 Å². The molecule has 0 heterocycles. The number of rotatable bonds is 7. The molecule has 0 atom stereocenters. The van der Waals surface area contributed by atoms with Crippen molar-refractivity contribution in [3.63, 3.8) is 0 Å². The summed E-state index contributed by atoms with van der Waals surface area (Å²) < 4.78 is 9.81. The third-order valence-corrected chi connectivity index (χ3v) is 4.05. The van der Waals surface area contributed by atoms with Crippen molar-refractivity contribution in [2.75, 3.05) is 20.3 Å². The lowest BCUT2D eigenvalue weighted by atomic mass is 10.2. The number of esters is 1. The second-order valence-corrected chi connectivity index (χ2v) is 6.05. The summed E-state index contributed by atoms with van der Waals surface area (Å²) >= 11 is 0. The molecule has 2 rings (SSSR count). The first-order valence-electron chi connectivity index (χ1n) is 8.66. The minimum Gasteiger partial charge on any atom is -0.496 e. The summed E-state index contributed by atoms with van der Waals surface area (Å²) in [5.41, 5.74) is 0.272. The van der Waals surface area contributed by atoms with Gasteiger partial charge in [0.1, 0.15) is 12.3 Å². The molecule has 0 unspecified atom stereocenters. The van der Waals surface area contributed by atoms with E-state index in [1.165, 1.54) is 7.11 Å². The van der Waals surface area contributed by atoms with Crippen LogP contribution in [-0.2, 0) is 14.3 Å². The smallest absolute Gasteiger partial charge is 0.325 e. The van der Waals surface area contributed by atoms with Gasteiger partial charge in [-0.15, -0.1) is 0 Å². The number of imide groups is 1. The fourth-order valence-corrected chi connectivity index (χ4v) is 2.73. The van der Waals surface area contributed by atoms with E-state index in [0.717, 1.165) is 25.7 Å². The fraction of sp³-hybridized carbons (Fsp3) is 0.444. The van der Waals surface area contributed by atoms with E-state index in [1.54, 1.807) is 24.3 Å². The molecule has 1 aromatic rings. The van der Waals surface area contributed by atoms with E-state index in [0.29, 0.717) is 5.75 Å². The monoisotopic (exact) mass is 377 g/mol. The first-order valence-corrected chi connectivity index (χ1v) is 8.66. The summed E-state index contributed by atoms with van der Waals surface area (Å²) in [7, 11) is 1.43. The summed E-state index contributed by atoms with van der Waals surface area (Å²) in [5.74, 6) is -1.68. The summed E-state index contributed by atoms with van der Waals surface area (Å²) in [5, 5.41) is 7.17. The molecule has 0 saturated heterocycles. The van der Waals surface area contributed by atoms with Gasteiger partial charge in [-0.25, -0.2) is 4.79 Å². The van der Waals surface area contributed by atoms with Gasteiger partial charge in [0.2, 0.25) is 0 Å². The zero-order valence-electron chi connectivity index (χ0n) is 15.1. The van der Waals surface area contributed by atoms with Crippen molar-refractivity contribution >= 4 is 23.8 Å². The summed E-state index contributed by atoms with van der Waals surface area (Å²) in [4.78, 5) is 47.0. The van der Waals surface area contributed by atoms with E-state index >= 15 is 0 Å². The average molecular weight is 377 g/mol. The van der Waals surface area contributed by atoms with Crippen molar-refractivity contribution in [3.05, 3.63) is 29.8 Å². The van der Waals surface area contributed by atoms with Crippen molar-refractivity contribution < 1.29 is 28.7 Å². The van der Waals surface area contributed by atoms with Gasteiger partial charge in [0, 0.05) is 6.04 Å². The molecule has 0 aliphatic heterocycles. The van der Waals surface area contributed by atoms with E-state index in [4.69, 9.17) is 9.47 Å². The Balaban J connectivity index is 1.67. The first-order chi connectivity index (χ1) is 13.0. The highest BCUT2D eigenvalue weighted by molar-refractivity contribution is 5.99. The Hall–Kier alpha value is -3.10. The summed E-state index contributed by atoms with van der Waals surface area (Å²) in [6.07, 6.45) is 3.89. The van der Waals surface area contributed by atoms with Gasteiger partial charge in [-0.1, -0.05) is 25.0 Å². The molecule has 1 aromatic carbocycles. The van der Waals surface area contributed by atoms with Crippen molar-refractivity contribution in [1.29, 1.82) is 0 Å². The van der Waals surface area contributed by atoms with Gasteiger partial charge in [-0.3, -0.25) is 19.7 Å². The van der Waals surface area contributed by atoms with Crippen LogP contribution in [0.2, 0.25) is 0 Å². The van der Waals surface area contributed by atoms with Crippen LogP contribution in [0.15, 0.2) is 24.3 Å². The molecule has 9 heteroatoms. The SMILES string of the molecule is COc1ccccc1C(=O)NCC(=O)OCC(=O)NC(=O)NC1CCCC1. The van der Waals surface area contributed by atoms with Gasteiger partial charge >= 0.3 is 12.0 Å². The summed E-state index contributed by atoms with van der Waals surface area (Å²) in [6, 6.07) is 6.02. The lowest BCUT2D eigenvalue weighted by molar-refractivity contribution is -0.147. The zero-order chi connectivity index (χ0) is 19.6. The number of carbonyl (C=O) groups is 4. The maximum atomic E-state index is 12.0. The van der Waals surface area contributed by atoms with Crippen LogP contribution < -0.4 is 20.7 Å². The van der Waals surface area contributed by atoms with E-state index in [1.807, 2.05) is 0 Å². The Labute approximate surface area is 156 Å². The lowest BCUT2D eigenvalue weighted by Gasteiger charge is -2.12. The maximum Gasteiger partial charge on any atom is 0.325 e. The van der Waals surface area contributed by atoms with E-state index in [-0.39, 0.29) is 11.6 Å². The molecule has 1 aliphatic rings. The number of carbonyl (C=O) groups excluding carboxylic acids is 4. The van der Waals surface area contributed by atoms with Crippen molar-refractivity contribution in [3.8, 4) is 5.75 Å². The Kier molecular flexibility index (Phi) is 7.60. The molecule has 1 aliphatic carbocycles. The number of benzene rings is 1. The topological polar surface area (TPSA) is 123 Å². The molecule has 0 aromatic heterocycles. The molecule has 4 amide bonds. The van der Waals surface area contributed by atoms with Crippen molar-refractivity contribution in [2.45, 2.75) is 31.7 Å². The number of urea groups is 1. The number of methoxy groups -OCH3 is 1. The standard InChI is InChI=1S/C18H23N3O6/c1-26-14-9-5-4-8-13(14)17(24)19-10-16(23)27-11-15(22)21-18(25)20-12-6-2-3-7-12/h4-5,8-9,12H,2-3,6-7,10-11H2,1H3,(H,19,24)(H2,20,21,22,25). The number of hydrogen-bond acceptors (Lipinski definition) is 6. The molecule has 3 N–H and O–H groups in total. The van der Waals surface area contributed by atoms with E-state index in [9.17, 15) is 19.2 Å². The maximum absolute atomic E-state index is 12.0. The van der Waals surface area contributed by atoms with E-state index in [2.05, 4.69) is 16.0 Å². The Morgan fingerprint density at radius 3 is 2.52 bits per heavy atom. The van der Waals surface area contributed by atoms with Gasteiger partial charge in [0.25, 0.3) is 11.8 Å². The number of amides is 4. The first kappa shape index (κ1) is 20.2. The van der Waals surface area contributed by atoms with Crippen LogP contribution in [-0.4, -0.2) is 50.1 Å². The predicted molar refractivity (Wildman–Crippen MR) is 95.2 cm³/mol. The highest BCUT2D eigenvalue weighted by Gasteiger charge is 2.19. The number of ether oxygens (including phenoxy) is 2. The zero-order valence-corrected chi connectivity index (χ0v) is 15.1. The van der Waals surface area contributed by atoms with Gasteiger partial charge in [0.05, 0.1) is 12.7 Å². The predicted octanol–water partition coefficient (Wildman–Crippen LogP) is 0.737. The van der Waals surface area contributed by atoms with Crippen molar-refractivity contribution in [1.82, 2.24) is 16.0 Å². The largest absolute Gasteiger partial charge is 0.496 e. The Morgan fingerprint density at radius 2 is 1.81 bits per heavy atom. The molecule has 146 valence electrons. The van der Waals surface area contributed by atoms with E-state index < -0.39 is 37.0 Å². The second kappa shape index (κ2) is 10.1. The molecular formula is C18H23N3O6. The van der Waals surface area contributed by atoms with Crippen LogP contribution in [0.5, 0.6) is 5.75 Å². The normalized spacial score (nSPS) is 13.5. The molecule has 0 bridgehead atoms. The Bertz CT molecular complexity index is 700. The molecular weight excluding hydrogens is 354 g/mol. The third kappa shape index (κ3) is 6.61. The van der Waals surface area contributed by atoms with Crippen LogP contribution in [0.4, 0.5) is 4.79 Å². The minimum absolute atomic E-state index is 0.0746. The molecule has 0 spiro atoms. The van der Waals surface area contributed by atoms with Crippen LogP contribution in [0, 0.1) is 0 Å². The number of nitrogens with one attached hydrogen (secondary N) is 3. The van der Waals surface area contributed by atoms with Gasteiger partial charge in [0.15, 0.2) is 6.61 Å². The van der Waals surface area contributed by atoms with Gasteiger partial charge in [-0.05, 0) is 25.0 Å². The quantitative estimate of drug-likeness (QED) is 0.602. The molecule has 0 radical (unpaired) electrons.